The van der Waals surface area contributed by atoms with Crippen LogP contribution in [0.2, 0.25) is 0 Å². The molecule has 0 aliphatic carbocycles. The van der Waals surface area contributed by atoms with Crippen LogP contribution in [0.5, 0.6) is 17.2 Å². The number of aromatic hydroxyl groups is 2. The van der Waals surface area contributed by atoms with Gasteiger partial charge in [0.15, 0.2) is 5.78 Å². The Kier molecular flexibility index (Phi) is 5.97. The second kappa shape index (κ2) is 8.39. The van der Waals surface area contributed by atoms with Gasteiger partial charge in [0.25, 0.3) is 0 Å². The van der Waals surface area contributed by atoms with E-state index in [1.807, 2.05) is 12.1 Å². The Bertz CT molecular complexity index is 783. The molecule has 0 spiro atoms. The van der Waals surface area contributed by atoms with Crippen LogP contribution in [0.1, 0.15) is 15.9 Å². The molecule has 4 heteroatoms. The van der Waals surface area contributed by atoms with Gasteiger partial charge < -0.3 is 14.9 Å². The fraction of sp³-hybridized carbons (Fsp3) is 0.0500. The number of carbonyl (C=O) groups is 1. The predicted molar refractivity (Wildman–Crippen MR) is 92.6 cm³/mol. The van der Waals surface area contributed by atoms with Gasteiger partial charge in [-0.15, -0.1) is 0 Å². The van der Waals surface area contributed by atoms with Crippen LogP contribution >= 0.6 is 0 Å². The number of ether oxygens (including phenoxy) is 1. The first-order valence-corrected chi connectivity index (χ1v) is 7.32. The molecule has 4 nitrogen and oxygen atoms in total. The van der Waals surface area contributed by atoms with Crippen LogP contribution in [-0.2, 0) is 0 Å². The minimum Gasteiger partial charge on any atom is -0.508 e. The minimum absolute atomic E-state index is 0.0711. The van der Waals surface area contributed by atoms with Crippen LogP contribution in [0, 0.1) is 0 Å². The zero-order chi connectivity index (χ0) is 17.4. The van der Waals surface area contributed by atoms with Crippen molar-refractivity contribution in [1.29, 1.82) is 0 Å². The van der Waals surface area contributed by atoms with Gasteiger partial charge >= 0.3 is 0 Å². The topological polar surface area (TPSA) is 66.8 Å². The zero-order valence-electron chi connectivity index (χ0n) is 13.2. The predicted octanol–water partition coefficient (Wildman–Crippen LogP) is 4.02. The fourth-order valence-electron chi connectivity index (χ4n) is 2.00. The molecule has 0 radical (unpaired) electrons. The van der Waals surface area contributed by atoms with Crippen molar-refractivity contribution < 1.29 is 19.7 Å². The van der Waals surface area contributed by atoms with Gasteiger partial charge in [0.2, 0.25) is 0 Å². The monoisotopic (exact) mass is 322 g/mol. The molecule has 0 aliphatic rings. The highest BCUT2D eigenvalue weighted by molar-refractivity contribution is 6.10. The third-order valence-electron chi connectivity index (χ3n) is 3.24. The molecule has 24 heavy (non-hydrogen) atoms. The van der Waals surface area contributed by atoms with E-state index in [4.69, 9.17) is 9.84 Å². The van der Waals surface area contributed by atoms with Crippen LogP contribution in [0.15, 0.2) is 78.9 Å². The summed E-state index contributed by atoms with van der Waals surface area (Å²) >= 11 is 0. The molecule has 2 N–H and O–H groups in total. The molecule has 0 bridgehead atoms. The zero-order valence-corrected chi connectivity index (χ0v) is 13.2. The second-order valence-corrected chi connectivity index (χ2v) is 4.91. The lowest BCUT2D eigenvalue weighted by Crippen LogP contribution is -2.01. The number of para-hydroxylation sites is 1. The molecule has 3 aromatic rings. The number of phenolic OH excluding ortho intramolecular Hbond substituents is 2. The molecule has 0 saturated heterocycles. The first kappa shape index (κ1) is 17.1. The molecule has 0 unspecified atom stereocenters. The first-order chi connectivity index (χ1) is 11.6. The van der Waals surface area contributed by atoms with Crippen molar-refractivity contribution in [3.05, 3.63) is 90.0 Å². The van der Waals surface area contributed by atoms with Crippen molar-refractivity contribution >= 4 is 5.78 Å². The molecule has 0 aromatic heterocycles. The molecule has 0 saturated carbocycles. The summed E-state index contributed by atoms with van der Waals surface area (Å²) in [7, 11) is 1.51. The Hall–Kier alpha value is -3.27. The summed E-state index contributed by atoms with van der Waals surface area (Å²) in [5.74, 6) is 0.568. The van der Waals surface area contributed by atoms with Gasteiger partial charge in [0.05, 0.1) is 12.7 Å². The number of hydrogen-bond acceptors (Lipinski definition) is 4. The Morgan fingerprint density at radius 2 is 1.42 bits per heavy atom. The number of phenols is 2. The third kappa shape index (κ3) is 4.61. The molecule has 0 heterocycles. The van der Waals surface area contributed by atoms with E-state index in [-0.39, 0.29) is 17.1 Å². The molecule has 122 valence electrons. The summed E-state index contributed by atoms with van der Waals surface area (Å²) in [6.07, 6.45) is 0. The van der Waals surface area contributed by atoms with Gasteiger partial charge in [-0.3, -0.25) is 4.79 Å². The van der Waals surface area contributed by atoms with Crippen molar-refractivity contribution in [1.82, 2.24) is 0 Å². The SMILES string of the molecule is COc1ccc(C(=O)c2ccccc2)c(O)c1.Oc1ccccc1. The molecule has 0 aliphatic heterocycles. The van der Waals surface area contributed by atoms with Gasteiger partial charge in [0, 0.05) is 11.6 Å². The quantitative estimate of drug-likeness (QED) is 0.715. The van der Waals surface area contributed by atoms with E-state index < -0.39 is 0 Å². The Morgan fingerprint density at radius 1 is 0.833 bits per heavy atom. The van der Waals surface area contributed by atoms with Gasteiger partial charge in [0.1, 0.15) is 17.2 Å². The van der Waals surface area contributed by atoms with Crippen LogP contribution in [-0.4, -0.2) is 23.1 Å². The maximum Gasteiger partial charge on any atom is 0.196 e. The van der Waals surface area contributed by atoms with Gasteiger partial charge in [-0.05, 0) is 24.3 Å². The summed E-state index contributed by atoms with van der Waals surface area (Å²) in [5, 5.41) is 18.4. The minimum atomic E-state index is -0.203. The van der Waals surface area contributed by atoms with E-state index in [0.717, 1.165) is 0 Å². The van der Waals surface area contributed by atoms with E-state index in [1.54, 1.807) is 60.7 Å². The number of rotatable bonds is 3. The summed E-state index contributed by atoms with van der Waals surface area (Å²) < 4.78 is 4.96. The molecule has 0 fully saturated rings. The number of ketones is 1. The number of benzene rings is 3. The van der Waals surface area contributed by atoms with E-state index >= 15 is 0 Å². The average Bonchev–Trinajstić information content (AvgIpc) is 2.63. The Balaban J connectivity index is 0.000000249. The van der Waals surface area contributed by atoms with E-state index in [1.165, 1.54) is 13.2 Å². The molecule has 3 rings (SSSR count). The van der Waals surface area contributed by atoms with Crippen molar-refractivity contribution in [2.45, 2.75) is 0 Å². The summed E-state index contributed by atoms with van der Waals surface area (Å²) in [5.41, 5.74) is 0.824. The van der Waals surface area contributed by atoms with Crippen LogP contribution in [0.3, 0.4) is 0 Å². The van der Waals surface area contributed by atoms with E-state index in [2.05, 4.69) is 0 Å². The fourth-order valence-corrected chi connectivity index (χ4v) is 2.00. The Morgan fingerprint density at radius 3 is 1.88 bits per heavy atom. The van der Waals surface area contributed by atoms with Crippen LogP contribution in [0.4, 0.5) is 0 Å². The molecule has 3 aromatic carbocycles. The largest absolute Gasteiger partial charge is 0.508 e. The van der Waals surface area contributed by atoms with E-state index in [9.17, 15) is 9.90 Å². The lowest BCUT2D eigenvalue weighted by Gasteiger charge is -2.06. The molecule has 0 atom stereocenters. The lowest BCUT2D eigenvalue weighted by atomic mass is 10.0. The standard InChI is InChI=1S/C14H12O3.C6H6O/c1-17-11-7-8-12(13(15)9-11)14(16)10-5-3-2-4-6-10;7-6-4-2-1-3-5-6/h2-9,15H,1H3;1-5,7H. The number of methoxy groups -OCH3 is 1. The van der Waals surface area contributed by atoms with E-state index in [0.29, 0.717) is 17.1 Å². The maximum absolute atomic E-state index is 12.1. The lowest BCUT2D eigenvalue weighted by molar-refractivity contribution is 0.103. The molecular weight excluding hydrogens is 304 g/mol. The van der Waals surface area contributed by atoms with Gasteiger partial charge in [-0.25, -0.2) is 0 Å². The first-order valence-electron chi connectivity index (χ1n) is 7.32. The third-order valence-corrected chi connectivity index (χ3v) is 3.24. The van der Waals surface area contributed by atoms with Gasteiger partial charge in [-0.2, -0.15) is 0 Å². The summed E-state index contributed by atoms with van der Waals surface area (Å²) in [6.45, 7) is 0. The van der Waals surface area contributed by atoms with Crippen LogP contribution in [0.25, 0.3) is 0 Å². The van der Waals surface area contributed by atoms with Crippen molar-refractivity contribution in [3.8, 4) is 17.2 Å². The van der Waals surface area contributed by atoms with Crippen LogP contribution < -0.4 is 4.74 Å². The smallest absolute Gasteiger partial charge is 0.196 e. The maximum atomic E-state index is 12.1. The highest BCUT2D eigenvalue weighted by Gasteiger charge is 2.13. The number of hydrogen-bond donors (Lipinski definition) is 2. The van der Waals surface area contributed by atoms with Gasteiger partial charge in [-0.1, -0.05) is 48.5 Å². The molecule has 0 amide bonds. The van der Waals surface area contributed by atoms with Crippen molar-refractivity contribution in [3.63, 3.8) is 0 Å². The average molecular weight is 322 g/mol. The normalized spacial score (nSPS) is 9.54. The number of carbonyl (C=O) groups excluding carboxylic acids is 1. The van der Waals surface area contributed by atoms with Crippen molar-refractivity contribution in [2.24, 2.45) is 0 Å². The second-order valence-electron chi connectivity index (χ2n) is 4.91. The van der Waals surface area contributed by atoms with Crippen molar-refractivity contribution in [2.75, 3.05) is 7.11 Å². The highest BCUT2D eigenvalue weighted by atomic mass is 16.5. The molecular formula is C20H18O4. The Labute approximate surface area is 140 Å². The summed E-state index contributed by atoms with van der Waals surface area (Å²) in [4.78, 5) is 12.1. The highest BCUT2D eigenvalue weighted by Crippen LogP contribution is 2.25. The summed E-state index contributed by atoms with van der Waals surface area (Å²) in [6, 6.07) is 22.2.